The molecular weight excluding hydrogens is 292 g/mol. The fourth-order valence-electron chi connectivity index (χ4n) is 1.43. The standard InChI is InChI=1S/C15H19ClN2OS/c1-10(2)15(4,9-17)18-14(19)11(3)20-13-7-5-12(16)6-8-13/h5-8,10-11H,1-4H3,(H,18,19)/t11-,15+/m1/s1. The largest absolute Gasteiger partial charge is 0.337 e. The van der Waals surface area contributed by atoms with Crippen molar-refractivity contribution in [1.82, 2.24) is 5.32 Å². The van der Waals surface area contributed by atoms with Crippen molar-refractivity contribution in [1.29, 1.82) is 5.26 Å². The van der Waals surface area contributed by atoms with E-state index in [-0.39, 0.29) is 17.1 Å². The van der Waals surface area contributed by atoms with Crippen LogP contribution in [-0.2, 0) is 4.79 Å². The van der Waals surface area contributed by atoms with Crippen molar-refractivity contribution < 1.29 is 4.79 Å². The number of rotatable bonds is 5. The summed E-state index contributed by atoms with van der Waals surface area (Å²) in [6, 6.07) is 9.52. The van der Waals surface area contributed by atoms with Gasteiger partial charge in [0.05, 0.1) is 11.3 Å². The molecule has 0 fully saturated rings. The van der Waals surface area contributed by atoms with Gasteiger partial charge in [-0.1, -0.05) is 25.4 Å². The number of nitriles is 1. The van der Waals surface area contributed by atoms with E-state index in [1.54, 1.807) is 19.1 Å². The summed E-state index contributed by atoms with van der Waals surface area (Å²) in [6.07, 6.45) is 0. The first kappa shape index (κ1) is 16.9. The van der Waals surface area contributed by atoms with E-state index in [2.05, 4.69) is 11.4 Å². The summed E-state index contributed by atoms with van der Waals surface area (Å²) < 4.78 is 0. The van der Waals surface area contributed by atoms with E-state index in [9.17, 15) is 10.1 Å². The topological polar surface area (TPSA) is 52.9 Å². The smallest absolute Gasteiger partial charge is 0.234 e. The van der Waals surface area contributed by atoms with E-state index in [4.69, 9.17) is 11.6 Å². The number of carbonyl (C=O) groups is 1. The number of hydrogen-bond acceptors (Lipinski definition) is 3. The van der Waals surface area contributed by atoms with Gasteiger partial charge in [-0.15, -0.1) is 11.8 Å². The summed E-state index contributed by atoms with van der Waals surface area (Å²) in [5, 5.41) is 12.4. The van der Waals surface area contributed by atoms with Crippen molar-refractivity contribution in [2.45, 2.75) is 43.4 Å². The maximum atomic E-state index is 12.2. The zero-order valence-electron chi connectivity index (χ0n) is 12.1. The highest BCUT2D eigenvalue weighted by molar-refractivity contribution is 8.00. The number of benzene rings is 1. The van der Waals surface area contributed by atoms with Crippen LogP contribution in [0.5, 0.6) is 0 Å². The summed E-state index contributed by atoms with van der Waals surface area (Å²) in [4.78, 5) is 13.2. The van der Waals surface area contributed by atoms with Crippen molar-refractivity contribution in [2.24, 2.45) is 5.92 Å². The van der Waals surface area contributed by atoms with Crippen LogP contribution in [0.25, 0.3) is 0 Å². The molecule has 0 aliphatic rings. The van der Waals surface area contributed by atoms with Crippen LogP contribution in [0.1, 0.15) is 27.7 Å². The lowest BCUT2D eigenvalue weighted by atomic mass is 9.90. The van der Waals surface area contributed by atoms with Gasteiger partial charge < -0.3 is 5.32 Å². The Morgan fingerprint density at radius 2 is 1.90 bits per heavy atom. The minimum absolute atomic E-state index is 0.0455. The Labute approximate surface area is 129 Å². The van der Waals surface area contributed by atoms with Gasteiger partial charge in [-0.25, -0.2) is 0 Å². The number of nitrogens with one attached hydrogen (secondary N) is 1. The van der Waals surface area contributed by atoms with Gasteiger partial charge in [0.2, 0.25) is 5.91 Å². The number of amides is 1. The molecule has 1 amide bonds. The highest BCUT2D eigenvalue weighted by Crippen LogP contribution is 2.25. The third-order valence-electron chi connectivity index (χ3n) is 3.27. The van der Waals surface area contributed by atoms with Crippen molar-refractivity contribution in [2.75, 3.05) is 0 Å². The molecule has 0 unspecified atom stereocenters. The normalized spacial score (nSPS) is 15.2. The molecule has 1 aromatic rings. The Morgan fingerprint density at radius 1 is 1.35 bits per heavy atom. The molecule has 1 rings (SSSR count). The maximum absolute atomic E-state index is 12.2. The molecule has 2 atom stereocenters. The molecule has 0 saturated carbocycles. The third kappa shape index (κ3) is 4.43. The molecule has 0 spiro atoms. The molecule has 0 heterocycles. The maximum Gasteiger partial charge on any atom is 0.234 e. The van der Waals surface area contributed by atoms with Crippen molar-refractivity contribution >= 4 is 29.3 Å². The molecular formula is C15H19ClN2OS. The number of nitrogens with zero attached hydrogens (tertiary/aromatic N) is 1. The number of hydrogen-bond donors (Lipinski definition) is 1. The minimum Gasteiger partial charge on any atom is -0.337 e. The van der Waals surface area contributed by atoms with E-state index >= 15 is 0 Å². The predicted molar refractivity (Wildman–Crippen MR) is 83.8 cm³/mol. The summed E-state index contributed by atoms with van der Waals surface area (Å²) in [6.45, 7) is 7.41. The second kappa shape index (κ2) is 7.01. The van der Waals surface area contributed by atoms with E-state index in [1.165, 1.54) is 11.8 Å². The average Bonchev–Trinajstić information content (AvgIpc) is 2.40. The number of halogens is 1. The van der Waals surface area contributed by atoms with Crippen molar-refractivity contribution in [3.05, 3.63) is 29.3 Å². The Morgan fingerprint density at radius 3 is 2.35 bits per heavy atom. The van der Waals surface area contributed by atoms with Crippen LogP contribution in [0.15, 0.2) is 29.2 Å². The second-order valence-electron chi connectivity index (χ2n) is 5.17. The first-order valence-electron chi connectivity index (χ1n) is 6.44. The van der Waals surface area contributed by atoms with E-state index in [0.717, 1.165) is 4.90 Å². The third-order valence-corrected chi connectivity index (χ3v) is 4.63. The Bertz CT molecular complexity index is 510. The van der Waals surface area contributed by atoms with Crippen LogP contribution < -0.4 is 5.32 Å². The summed E-state index contributed by atoms with van der Waals surface area (Å²) in [5.41, 5.74) is -0.841. The van der Waals surface area contributed by atoms with Gasteiger partial charge >= 0.3 is 0 Å². The van der Waals surface area contributed by atoms with Crippen LogP contribution in [0.4, 0.5) is 0 Å². The molecule has 5 heteroatoms. The fourth-order valence-corrected chi connectivity index (χ4v) is 2.42. The molecule has 1 aromatic carbocycles. The molecule has 0 saturated heterocycles. The van der Waals surface area contributed by atoms with Gasteiger partial charge in [0.15, 0.2) is 0 Å². The molecule has 1 N–H and O–H groups in total. The zero-order chi connectivity index (χ0) is 15.3. The lowest BCUT2D eigenvalue weighted by molar-refractivity contribution is -0.121. The Kier molecular flexibility index (Phi) is 5.91. The summed E-state index contributed by atoms with van der Waals surface area (Å²) in [5.74, 6) is -0.0909. The molecule has 0 aromatic heterocycles. The van der Waals surface area contributed by atoms with E-state index in [0.29, 0.717) is 5.02 Å². The van der Waals surface area contributed by atoms with E-state index < -0.39 is 5.54 Å². The van der Waals surface area contributed by atoms with Gasteiger partial charge in [0, 0.05) is 9.92 Å². The minimum atomic E-state index is -0.841. The van der Waals surface area contributed by atoms with Crippen LogP contribution in [-0.4, -0.2) is 16.7 Å². The molecule has 0 radical (unpaired) electrons. The van der Waals surface area contributed by atoms with Gasteiger partial charge in [0.1, 0.15) is 5.54 Å². The molecule has 0 aliphatic carbocycles. The monoisotopic (exact) mass is 310 g/mol. The Balaban J connectivity index is 2.68. The van der Waals surface area contributed by atoms with Gasteiger partial charge in [-0.05, 0) is 44.0 Å². The quantitative estimate of drug-likeness (QED) is 0.840. The number of carbonyl (C=O) groups excluding carboxylic acids is 1. The molecule has 0 bridgehead atoms. The first-order valence-corrected chi connectivity index (χ1v) is 7.69. The fraction of sp³-hybridized carbons (Fsp3) is 0.467. The van der Waals surface area contributed by atoms with Crippen LogP contribution in [0, 0.1) is 17.2 Å². The lowest BCUT2D eigenvalue weighted by Gasteiger charge is -2.28. The number of thioether (sulfide) groups is 1. The lowest BCUT2D eigenvalue weighted by Crippen LogP contribution is -2.51. The molecule has 0 aliphatic heterocycles. The van der Waals surface area contributed by atoms with Crippen molar-refractivity contribution in [3.63, 3.8) is 0 Å². The van der Waals surface area contributed by atoms with Gasteiger partial charge in [-0.3, -0.25) is 4.79 Å². The zero-order valence-corrected chi connectivity index (χ0v) is 13.7. The average molecular weight is 311 g/mol. The summed E-state index contributed by atoms with van der Waals surface area (Å²) in [7, 11) is 0. The van der Waals surface area contributed by atoms with Crippen LogP contribution >= 0.6 is 23.4 Å². The second-order valence-corrected chi connectivity index (χ2v) is 7.02. The highest BCUT2D eigenvalue weighted by Gasteiger charge is 2.31. The van der Waals surface area contributed by atoms with Crippen LogP contribution in [0.3, 0.4) is 0 Å². The Hall–Kier alpha value is -1.18. The van der Waals surface area contributed by atoms with E-state index in [1.807, 2.05) is 32.9 Å². The molecule has 20 heavy (non-hydrogen) atoms. The molecule has 108 valence electrons. The highest BCUT2D eigenvalue weighted by atomic mass is 35.5. The van der Waals surface area contributed by atoms with Crippen LogP contribution in [0.2, 0.25) is 5.02 Å². The van der Waals surface area contributed by atoms with Gasteiger partial charge in [-0.2, -0.15) is 5.26 Å². The van der Waals surface area contributed by atoms with Crippen molar-refractivity contribution in [3.8, 4) is 6.07 Å². The first-order chi connectivity index (χ1) is 9.28. The van der Waals surface area contributed by atoms with Gasteiger partial charge in [0.25, 0.3) is 0 Å². The molecule has 3 nitrogen and oxygen atoms in total. The summed E-state index contributed by atoms with van der Waals surface area (Å²) >= 11 is 7.27. The predicted octanol–water partition coefficient (Wildman–Crippen LogP) is 3.88. The SMILES string of the molecule is CC(C)[C@](C)(C#N)NC(=O)[C@@H](C)Sc1ccc(Cl)cc1.